The molecule has 0 spiro atoms. The highest BCUT2D eigenvalue weighted by Crippen LogP contribution is 2.44. The third-order valence-corrected chi connectivity index (χ3v) is 7.39. The van der Waals surface area contributed by atoms with Crippen molar-refractivity contribution < 1.29 is 23.9 Å². The minimum atomic E-state index is -0.806. The van der Waals surface area contributed by atoms with Crippen LogP contribution in [0.25, 0.3) is 6.08 Å². The zero-order valence-corrected chi connectivity index (χ0v) is 24.3. The number of amides is 1. The van der Waals surface area contributed by atoms with E-state index in [9.17, 15) is 14.4 Å². The molecule has 1 atom stereocenters. The minimum Gasteiger partial charge on any atom is -0.461 e. The highest BCUT2D eigenvalue weighted by Gasteiger charge is 2.40. The Labute approximate surface area is 245 Å². The number of hydrogen-bond acceptors (Lipinski definition) is 8. The first-order valence-electron chi connectivity index (χ1n) is 14.2. The molecule has 0 bridgehead atoms. The van der Waals surface area contributed by atoms with Gasteiger partial charge in [0.2, 0.25) is 5.69 Å². The van der Waals surface area contributed by atoms with E-state index in [2.05, 4.69) is 53.0 Å². The summed E-state index contributed by atoms with van der Waals surface area (Å²) in [6, 6.07) is 16.1. The summed E-state index contributed by atoms with van der Waals surface area (Å²) in [7, 11) is 0. The number of hydrazine groups is 1. The average molecular weight is 570 g/mol. The highest BCUT2D eigenvalue weighted by atomic mass is 16.5. The van der Waals surface area contributed by atoms with E-state index in [-0.39, 0.29) is 43.1 Å². The number of benzene rings is 2. The van der Waals surface area contributed by atoms with Crippen LogP contribution in [0.1, 0.15) is 82.4 Å². The van der Waals surface area contributed by atoms with Crippen LogP contribution in [0.2, 0.25) is 0 Å². The summed E-state index contributed by atoms with van der Waals surface area (Å²) >= 11 is 0. The van der Waals surface area contributed by atoms with Crippen LogP contribution in [0.15, 0.2) is 65.4 Å². The van der Waals surface area contributed by atoms with E-state index in [4.69, 9.17) is 9.47 Å². The van der Waals surface area contributed by atoms with Crippen LogP contribution >= 0.6 is 0 Å². The minimum absolute atomic E-state index is 0.0795. The number of allylic oxidation sites excluding steroid dienone is 1. The summed E-state index contributed by atoms with van der Waals surface area (Å²) in [6.07, 6.45) is 4.84. The number of aryl methyl sites for hydroxylation is 2. The molecule has 2 aromatic carbocycles. The second-order valence-electron chi connectivity index (χ2n) is 10.4. The third kappa shape index (κ3) is 5.83. The summed E-state index contributed by atoms with van der Waals surface area (Å²) in [5.41, 5.74) is 10.5. The smallest absolute Gasteiger partial charge is 0.361 e. The van der Waals surface area contributed by atoms with E-state index in [1.54, 1.807) is 18.9 Å². The Morgan fingerprint density at radius 2 is 1.57 bits per heavy atom. The maximum Gasteiger partial charge on any atom is 0.361 e. The Morgan fingerprint density at radius 3 is 2.24 bits per heavy atom. The molecule has 0 fully saturated rings. The van der Waals surface area contributed by atoms with Crippen molar-refractivity contribution in [3.63, 3.8) is 0 Å². The number of carbonyl (C=O) groups is 3. The zero-order valence-electron chi connectivity index (χ0n) is 24.3. The van der Waals surface area contributed by atoms with Gasteiger partial charge in [-0.3, -0.25) is 10.2 Å². The summed E-state index contributed by atoms with van der Waals surface area (Å²) in [5.74, 6) is -1.96. The first-order chi connectivity index (χ1) is 20.3. The maximum absolute atomic E-state index is 14.0. The number of esters is 2. The monoisotopic (exact) mass is 569 g/mol. The normalized spacial score (nSPS) is 17.2. The fourth-order valence-corrected chi connectivity index (χ4v) is 5.36. The van der Waals surface area contributed by atoms with E-state index in [0.29, 0.717) is 0 Å². The lowest BCUT2D eigenvalue weighted by molar-refractivity contribution is -0.135. The van der Waals surface area contributed by atoms with Crippen LogP contribution in [-0.4, -0.2) is 51.1 Å². The molecule has 1 aliphatic heterocycles. The quantitative estimate of drug-likeness (QED) is 0.383. The summed E-state index contributed by atoms with van der Waals surface area (Å²) in [4.78, 5) is 39.3. The SMILES string of the molecule is CCOC(=O)c1nnn(CC(=O)N2NC3=C(CCCC3=Cc3ccc(C)cc3)C2c2ccc(C)cc2)c1C(=O)OCC. The Morgan fingerprint density at radius 1 is 0.929 bits per heavy atom. The zero-order chi connectivity index (χ0) is 29.8. The van der Waals surface area contributed by atoms with Gasteiger partial charge in [0.1, 0.15) is 12.6 Å². The van der Waals surface area contributed by atoms with Crippen LogP contribution in [0.5, 0.6) is 0 Å². The molecule has 0 radical (unpaired) electrons. The second-order valence-corrected chi connectivity index (χ2v) is 10.4. The van der Waals surface area contributed by atoms with Gasteiger partial charge >= 0.3 is 11.9 Å². The van der Waals surface area contributed by atoms with Crippen molar-refractivity contribution in [3.8, 4) is 0 Å². The predicted molar refractivity (Wildman–Crippen MR) is 156 cm³/mol. The Hall–Kier alpha value is -4.73. The molecule has 3 aromatic rings. The summed E-state index contributed by atoms with van der Waals surface area (Å²) in [5, 5.41) is 9.45. The fraction of sp³-hybridized carbons (Fsp3) is 0.344. The Bertz CT molecular complexity index is 1550. The topological polar surface area (TPSA) is 116 Å². The first-order valence-corrected chi connectivity index (χ1v) is 14.2. The molecule has 1 aliphatic carbocycles. The van der Waals surface area contributed by atoms with Gasteiger partial charge in [0, 0.05) is 0 Å². The molecule has 0 saturated heterocycles. The molecule has 42 heavy (non-hydrogen) atoms. The van der Waals surface area contributed by atoms with Gasteiger partial charge < -0.3 is 9.47 Å². The van der Waals surface area contributed by atoms with Crippen LogP contribution in [0.4, 0.5) is 0 Å². The van der Waals surface area contributed by atoms with Gasteiger partial charge in [-0.1, -0.05) is 64.9 Å². The van der Waals surface area contributed by atoms with E-state index >= 15 is 0 Å². The van der Waals surface area contributed by atoms with Crippen LogP contribution in [0, 0.1) is 13.8 Å². The fourth-order valence-electron chi connectivity index (χ4n) is 5.36. The molecule has 0 saturated carbocycles. The van der Waals surface area contributed by atoms with Gasteiger partial charge in [-0.25, -0.2) is 19.3 Å². The van der Waals surface area contributed by atoms with E-state index in [0.717, 1.165) is 57.5 Å². The lowest BCUT2D eigenvalue weighted by atomic mass is 9.85. The van der Waals surface area contributed by atoms with Crippen molar-refractivity contribution in [2.45, 2.75) is 59.5 Å². The number of aromatic nitrogens is 3. The molecular formula is C32H35N5O5. The molecule has 1 aromatic heterocycles. The van der Waals surface area contributed by atoms with Crippen molar-refractivity contribution in [1.82, 2.24) is 25.4 Å². The molecule has 218 valence electrons. The van der Waals surface area contributed by atoms with Gasteiger partial charge in [-0.2, -0.15) is 0 Å². The van der Waals surface area contributed by atoms with Crippen molar-refractivity contribution in [1.29, 1.82) is 0 Å². The lowest BCUT2D eigenvalue weighted by Crippen LogP contribution is -2.42. The molecule has 2 aliphatic rings. The highest BCUT2D eigenvalue weighted by molar-refractivity contribution is 6.00. The first kappa shape index (κ1) is 28.8. The van der Waals surface area contributed by atoms with E-state index in [1.807, 2.05) is 31.2 Å². The van der Waals surface area contributed by atoms with Crippen LogP contribution < -0.4 is 5.43 Å². The Balaban J connectivity index is 1.51. The van der Waals surface area contributed by atoms with Gasteiger partial charge in [0.05, 0.1) is 18.9 Å². The maximum atomic E-state index is 14.0. The molecule has 5 rings (SSSR count). The van der Waals surface area contributed by atoms with Crippen molar-refractivity contribution in [2.75, 3.05) is 13.2 Å². The molecule has 10 nitrogen and oxygen atoms in total. The summed E-state index contributed by atoms with van der Waals surface area (Å²) < 4.78 is 11.3. The molecule has 1 unspecified atom stereocenters. The van der Waals surface area contributed by atoms with E-state index < -0.39 is 11.9 Å². The molecule has 1 N–H and O–H groups in total. The number of hydrogen-bond donors (Lipinski definition) is 1. The number of nitrogens with zero attached hydrogens (tertiary/aromatic N) is 4. The van der Waals surface area contributed by atoms with Crippen LogP contribution in [0.3, 0.4) is 0 Å². The van der Waals surface area contributed by atoms with Gasteiger partial charge in [0.15, 0.2) is 5.69 Å². The third-order valence-electron chi connectivity index (χ3n) is 7.39. The number of nitrogens with one attached hydrogen (secondary N) is 1. The van der Waals surface area contributed by atoms with E-state index in [1.165, 1.54) is 5.56 Å². The van der Waals surface area contributed by atoms with Crippen molar-refractivity contribution in [3.05, 3.63) is 99.0 Å². The average Bonchev–Trinajstić information content (AvgIpc) is 3.58. The largest absolute Gasteiger partial charge is 0.461 e. The second kappa shape index (κ2) is 12.4. The lowest BCUT2D eigenvalue weighted by Gasteiger charge is -2.27. The standard InChI is InChI=1S/C32H35N5O5/c1-5-41-31(39)28-30(32(40)42-6-2)36(35-33-28)19-26(38)37-29(23-16-12-21(4)13-17-23)25-9-7-8-24(27(25)34-37)18-22-14-10-20(3)11-15-22/h10-18,29,34H,5-9,19H2,1-4H3. The predicted octanol–water partition coefficient (Wildman–Crippen LogP) is 4.86. The van der Waals surface area contributed by atoms with Gasteiger partial charge in [-0.05, 0) is 75.3 Å². The van der Waals surface area contributed by atoms with Gasteiger partial charge in [-0.15, -0.1) is 5.10 Å². The molecule has 10 heteroatoms. The molecule has 1 amide bonds. The Kier molecular flexibility index (Phi) is 8.51. The van der Waals surface area contributed by atoms with Crippen LogP contribution in [-0.2, 0) is 20.8 Å². The van der Waals surface area contributed by atoms with Crippen molar-refractivity contribution >= 4 is 23.9 Å². The number of rotatable bonds is 8. The van der Waals surface area contributed by atoms with Crippen molar-refractivity contribution in [2.24, 2.45) is 0 Å². The van der Waals surface area contributed by atoms with Gasteiger partial charge in [0.25, 0.3) is 5.91 Å². The number of ether oxygens (including phenoxy) is 2. The molecule has 2 heterocycles. The summed E-state index contributed by atoms with van der Waals surface area (Å²) in [6.45, 7) is 7.22. The number of carbonyl (C=O) groups excluding carboxylic acids is 3. The molecular weight excluding hydrogens is 534 g/mol.